The van der Waals surface area contributed by atoms with Crippen LogP contribution in [-0.2, 0) is 4.79 Å². The normalized spacial score (nSPS) is 20.6. The van der Waals surface area contributed by atoms with Gasteiger partial charge in [0, 0.05) is 12.5 Å². The Hall–Kier alpha value is -0.0200. The summed E-state index contributed by atoms with van der Waals surface area (Å²) in [5.41, 5.74) is 0. The second-order valence-corrected chi connectivity index (χ2v) is 4.57. The highest BCUT2D eigenvalue weighted by atomic mass is 32.1. The van der Waals surface area contributed by atoms with E-state index >= 15 is 0 Å². The predicted octanol–water partition coefficient (Wildman–Crippen LogP) is 2.74. The summed E-state index contributed by atoms with van der Waals surface area (Å²) < 4.78 is 3.02. The lowest BCUT2D eigenvalue weighted by Crippen LogP contribution is -2.25. The number of thiol groups is 1. The summed E-state index contributed by atoms with van der Waals surface area (Å²) >= 11 is 4.12. The minimum absolute atomic E-state index is 0.423. The highest BCUT2D eigenvalue weighted by Crippen LogP contribution is 2.28. The van der Waals surface area contributed by atoms with Gasteiger partial charge in [0.1, 0.15) is 6.29 Å². The van der Waals surface area contributed by atoms with Crippen LogP contribution in [0.3, 0.4) is 0 Å². The molecule has 0 spiro atoms. The molecular formula is C11H21NOS. The van der Waals surface area contributed by atoms with E-state index in [9.17, 15) is 4.79 Å². The fourth-order valence-corrected chi connectivity index (χ4v) is 2.56. The molecule has 1 atom stereocenters. The monoisotopic (exact) mass is 215 g/mol. The predicted molar refractivity (Wildman–Crippen MR) is 62.4 cm³/mol. The van der Waals surface area contributed by atoms with Gasteiger partial charge in [-0.1, -0.05) is 44.9 Å². The third kappa shape index (κ3) is 4.47. The summed E-state index contributed by atoms with van der Waals surface area (Å²) in [5, 5.41) is 0. The summed E-state index contributed by atoms with van der Waals surface area (Å²) in [5.74, 6) is 0.861. The SMILES string of the molecule is O=CCC[C@H](CC1CCCCC1)NS. The second-order valence-electron chi connectivity index (χ2n) is 4.31. The first-order chi connectivity index (χ1) is 6.86. The Morgan fingerprint density at radius 2 is 2.07 bits per heavy atom. The van der Waals surface area contributed by atoms with Crippen molar-refractivity contribution in [2.45, 2.75) is 57.4 Å². The first-order valence-electron chi connectivity index (χ1n) is 5.70. The summed E-state index contributed by atoms with van der Waals surface area (Å²) in [6.45, 7) is 0. The van der Waals surface area contributed by atoms with E-state index in [1.54, 1.807) is 0 Å². The lowest BCUT2D eigenvalue weighted by Gasteiger charge is -2.25. The van der Waals surface area contributed by atoms with Crippen molar-refractivity contribution >= 4 is 19.1 Å². The molecule has 1 aliphatic rings. The van der Waals surface area contributed by atoms with Gasteiger partial charge in [-0.3, -0.25) is 4.72 Å². The number of hydrogen-bond acceptors (Lipinski definition) is 3. The molecule has 0 aromatic heterocycles. The van der Waals surface area contributed by atoms with Crippen LogP contribution in [0, 0.1) is 5.92 Å². The summed E-state index contributed by atoms with van der Waals surface area (Å²) in [7, 11) is 0. The van der Waals surface area contributed by atoms with Crippen molar-refractivity contribution in [1.29, 1.82) is 0 Å². The van der Waals surface area contributed by atoms with Crippen molar-refractivity contribution in [3.63, 3.8) is 0 Å². The number of hydrogen-bond donors (Lipinski definition) is 2. The van der Waals surface area contributed by atoms with E-state index < -0.39 is 0 Å². The van der Waals surface area contributed by atoms with E-state index in [0.717, 1.165) is 18.6 Å². The third-order valence-corrected chi connectivity index (χ3v) is 3.52. The van der Waals surface area contributed by atoms with Gasteiger partial charge in [0.15, 0.2) is 0 Å². The molecule has 82 valence electrons. The Balaban J connectivity index is 2.19. The standard InChI is InChI=1S/C11H21NOS/c13-8-4-7-11(12-14)9-10-5-2-1-3-6-10/h8,10-12,14H,1-7,9H2/t11-/m1/s1. The molecule has 0 amide bonds. The fraction of sp³-hybridized carbons (Fsp3) is 0.909. The highest BCUT2D eigenvalue weighted by molar-refractivity contribution is 7.78. The number of aldehydes is 1. The van der Waals surface area contributed by atoms with E-state index in [1.165, 1.54) is 38.5 Å². The van der Waals surface area contributed by atoms with Gasteiger partial charge in [0.2, 0.25) is 0 Å². The van der Waals surface area contributed by atoms with Crippen molar-refractivity contribution in [3.05, 3.63) is 0 Å². The van der Waals surface area contributed by atoms with Crippen molar-refractivity contribution in [2.24, 2.45) is 5.92 Å². The van der Waals surface area contributed by atoms with Crippen molar-refractivity contribution in [2.75, 3.05) is 0 Å². The van der Waals surface area contributed by atoms with Crippen LogP contribution in [0.15, 0.2) is 0 Å². The van der Waals surface area contributed by atoms with Crippen molar-refractivity contribution < 1.29 is 4.79 Å². The first kappa shape index (κ1) is 12.1. The van der Waals surface area contributed by atoms with Gasteiger partial charge >= 0.3 is 0 Å². The zero-order valence-electron chi connectivity index (χ0n) is 8.74. The molecule has 0 bridgehead atoms. The molecule has 0 aromatic rings. The van der Waals surface area contributed by atoms with Crippen LogP contribution in [0.4, 0.5) is 0 Å². The molecule has 1 saturated carbocycles. The van der Waals surface area contributed by atoms with Crippen molar-refractivity contribution in [1.82, 2.24) is 4.72 Å². The van der Waals surface area contributed by atoms with E-state index in [1.807, 2.05) is 0 Å². The van der Waals surface area contributed by atoms with Gasteiger partial charge in [-0.05, 0) is 18.8 Å². The molecule has 14 heavy (non-hydrogen) atoms. The van der Waals surface area contributed by atoms with Gasteiger partial charge in [-0.25, -0.2) is 0 Å². The summed E-state index contributed by atoms with van der Waals surface area (Å²) in [6, 6.07) is 0.423. The lowest BCUT2D eigenvalue weighted by molar-refractivity contribution is -0.108. The molecule has 1 N–H and O–H groups in total. The molecule has 0 aromatic carbocycles. The molecule has 0 radical (unpaired) electrons. The Bertz CT molecular complexity index is 157. The molecule has 1 fully saturated rings. The van der Waals surface area contributed by atoms with Gasteiger partial charge < -0.3 is 4.79 Å². The smallest absolute Gasteiger partial charge is 0.120 e. The zero-order valence-corrected chi connectivity index (χ0v) is 9.64. The maximum absolute atomic E-state index is 10.3. The maximum Gasteiger partial charge on any atom is 0.120 e. The highest BCUT2D eigenvalue weighted by Gasteiger charge is 2.17. The zero-order chi connectivity index (χ0) is 10.2. The van der Waals surface area contributed by atoms with Crippen LogP contribution in [0.2, 0.25) is 0 Å². The molecule has 0 saturated heterocycles. The minimum Gasteiger partial charge on any atom is -0.303 e. The van der Waals surface area contributed by atoms with Crippen molar-refractivity contribution in [3.8, 4) is 0 Å². The molecule has 0 heterocycles. The maximum atomic E-state index is 10.3. The van der Waals surface area contributed by atoms with Gasteiger partial charge in [0.05, 0.1) is 0 Å². The summed E-state index contributed by atoms with van der Waals surface area (Å²) in [4.78, 5) is 10.3. The molecular weight excluding hydrogens is 194 g/mol. The molecule has 2 nitrogen and oxygen atoms in total. The third-order valence-electron chi connectivity index (χ3n) is 3.16. The average molecular weight is 215 g/mol. The van der Waals surface area contributed by atoms with Crippen LogP contribution >= 0.6 is 12.8 Å². The molecule has 0 aliphatic heterocycles. The van der Waals surface area contributed by atoms with E-state index in [-0.39, 0.29) is 0 Å². The van der Waals surface area contributed by atoms with Crippen LogP contribution in [0.5, 0.6) is 0 Å². The quantitative estimate of drug-likeness (QED) is 0.527. The number of carbonyl (C=O) groups excluding carboxylic acids is 1. The van der Waals surface area contributed by atoms with Crippen LogP contribution in [0.25, 0.3) is 0 Å². The Labute approximate surface area is 92.4 Å². The average Bonchev–Trinajstić information content (AvgIpc) is 2.25. The number of rotatable bonds is 6. The molecule has 1 aliphatic carbocycles. The number of nitrogens with one attached hydrogen (secondary N) is 1. The Kier molecular flexibility index (Phi) is 6.28. The largest absolute Gasteiger partial charge is 0.303 e. The van der Waals surface area contributed by atoms with Crippen LogP contribution < -0.4 is 4.72 Å². The molecule has 1 rings (SSSR count). The van der Waals surface area contributed by atoms with Crippen LogP contribution in [0.1, 0.15) is 51.4 Å². The van der Waals surface area contributed by atoms with Gasteiger partial charge in [0.25, 0.3) is 0 Å². The topological polar surface area (TPSA) is 29.1 Å². The fourth-order valence-electron chi connectivity index (χ4n) is 2.33. The minimum atomic E-state index is 0.423. The lowest BCUT2D eigenvalue weighted by atomic mass is 9.84. The second kappa shape index (κ2) is 7.30. The van der Waals surface area contributed by atoms with Gasteiger partial charge in [-0.15, -0.1) is 0 Å². The van der Waals surface area contributed by atoms with E-state index in [0.29, 0.717) is 12.5 Å². The van der Waals surface area contributed by atoms with Gasteiger partial charge in [-0.2, -0.15) is 0 Å². The number of carbonyl (C=O) groups is 1. The van der Waals surface area contributed by atoms with Crippen LogP contribution in [-0.4, -0.2) is 12.3 Å². The molecule has 0 unspecified atom stereocenters. The van der Waals surface area contributed by atoms with E-state index in [4.69, 9.17) is 0 Å². The Morgan fingerprint density at radius 3 is 2.64 bits per heavy atom. The Morgan fingerprint density at radius 1 is 1.36 bits per heavy atom. The molecule has 3 heteroatoms. The summed E-state index contributed by atoms with van der Waals surface area (Å²) in [6.07, 6.45) is 10.7. The first-order valence-corrected chi connectivity index (χ1v) is 6.14. The van der Waals surface area contributed by atoms with E-state index in [2.05, 4.69) is 17.5 Å².